The predicted octanol–water partition coefficient (Wildman–Crippen LogP) is 2.93. The van der Waals surface area contributed by atoms with Crippen molar-refractivity contribution >= 4 is 45.0 Å². The number of amides is 2. The molecule has 0 radical (unpaired) electrons. The van der Waals surface area contributed by atoms with E-state index >= 15 is 0 Å². The number of methoxy groups -OCH3 is 1. The van der Waals surface area contributed by atoms with Gasteiger partial charge in [-0.2, -0.15) is 0 Å². The van der Waals surface area contributed by atoms with Crippen molar-refractivity contribution in [3.05, 3.63) is 15.2 Å². The lowest BCUT2D eigenvalue weighted by molar-refractivity contribution is -0.116. The van der Waals surface area contributed by atoms with Crippen LogP contribution in [0.5, 0.6) is 0 Å². The molecular formula is C11H15BrN2O3S. The summed E-state index contributed by atoms with van der Waals surface area (Å²) in [5.41, 5.74) is 0.784. The Morgan fingerprint density at radius 1 is 1.50 bits per heavy atom. The molecule has 18 heavy (non-hydrogen) atoms. The number of nitrogens with one attached hydrogen (secondary N) is 1. The molecule has 0 unspecified atom stereocenters. The minimum Gasteiger partial charge on any atom is -0.453 e. The molecule has 100 valence electrons. The zero-order valence-electron chi connectivity index (χ0n) is 10.2. The van der Waals surface area contributed by atoms with Crippen molar-refractivity contribution in [2.45, 2.75) is 12.8 Å². The van der Waals surface area contributed by atoms with Crippen LogP contribution in [0.15, 0.2) is 15.2 Å². The Kier molecular flexibility index (Phi) is 6.14. The van der Waals surface area contributed by atoms with Gasteiger partial charge in [-0.15, -0.1) is 11.3 Å². The van der Waals surface area contributed by atoms with Gasteiger partial charge in [-0.3, -0.25) is 4.79 Å². The minimum atomic E-state index is -0.393. The third kappa shape index (κ3) is 4.66. The fraction of sp³-hybridized carbons (Fsp3) is 0.455. The molecule has 0 atom stereocenters. The summed E-state index contributed by atoms with van der Waals surface area (Å²) in [4.78, 5) is 24.1. The van der Waals surface area contributed by atoms with Gasteiger partial charge in [0.2, 0.25) is 5.91 Å². The maximum absolute atomic E-state index is 11.6. The van der Waals surface area contributed by atoms with Crippen molar-refractivity contribution in [3.63, 3.8) is 0 Å². The second-order valence-corrected chi connectivity index (χ2v) is 5.27. The van der Waals surface area contributed by atoms with Crippen molar-refractivity contribution in [2.75, 3.05) is 26.0 Å². The molecule has 7 heteroatoms. The second-order valence-electron chi connectivity index (χ2n) is 3.68. The summed E-state index contributed by atoms with van der Waals surface area (Å²) < 4.78 is 5.43. The maximum atomic E-state index is 11.6. The highest BCUT2D eigenvalue weighted by atomic mass is 79.9. The maximum Gasteiger partial charge on any atom is 0.409 e. The number of hydrogen-bond donors (Lipinski definition) is 1. The molecule has 0 saturated heterocycles. The van der Waals surface area contributed by atoms with Crippen LogP contribution >= 0.6 is 27.3 Å². The highest BCUT2D eigenvalue weighted by molar-refractivity contribution is 9.10. The Morgan fingerprint density at radius 2 is 2.22 bits per heavy atom. The Balaban J connectivity index is 2.26. The van der Waals surface area contributed by atoms with Gasteiger partial charge in [-0.1, -0.05) is 0 Å². The lowest BCUT2D eigenvalue weighted by Gasteiger charge is -2.14. The van der Waals surface area contributed by atoms with E-state index in [1.165, 1.54) is 23.3 Å². The molecule has 0 spiro atoms. The van der Waals surface area contributed by atoms with Crippen LogP contribution in [0.3, 0.4) is 0 Å². The average molecular weight is 335 g/mol. The Hall–Kier alpha value is -1.08. The molecule has 1 rings (SSSR count). The van der Waals surface area contributed by atoms with E-state index < -0.39 is 6.09 Å². The lowest BCUT2D eigenvalue weighted by atomic mass is 10.3. The van der Waals surface area contributed by atoms with Crippen molar-refractivity contribution in [1.29, 1.82) is 0 Å². The summed E-state index contributed by atoms with van der Waals surface area (Å²) in [6, 6.07) is 0. The minimum absolute atomic E-state index is 0.0626. The van der Waals surface area contributed by atoms with Gasteiger partial charge in [0.25, 0.3) is 0 Å². The molecule has 0 aromatic carbocycles. The number of carbonyl (C=O) groups is 2. The molecule has 0 aliphatic carbocycles. The summed E-state index contributed by atoms with van der Waals surface area (Å²) in [6.07, 6.45) is 0.569. The van der Waals surface area contributed by atoms with Crippen molar-refractivity contribution in [3.8, 4) is 0 Å². The zero-order valence-corrected chi connectivity index (χ0v) is 12.6. The first-order valence-electron chi connectivity index (χ1n) is 5.35. The molecule has 1 heterocycles. The third-order valence-corrected chi connectivity index (χ3v) is 3.98. The molecule has 1 N–H and O–H groups in total. The van der Waals surface area contributed by atoms with Crippen LogP contribution in [0.4, 0.5) is 10.5 Å². The fourth-order valence-corrected chi connectivity index (χ4v) is 2.63. The Bertz CT molecular complexity index is 422. The number of thiophene rings is 1. The monoisotopic (exact) mass is 334 g/mol. The Labute approximate surface area is 118 Å². The van der Waals surface area contributed by atoms with Gasteiger partial charge >= 0.3 is 6.09 Å². The van der Waals surface area contributed by atoms with Crippen molar-refractivity contribution in [2.24, 2.45) is 0 Å². The fourth-order valence-electron chi connectivity index (χ4n) is 1.31. The summed E-state index contributed by atoms with van der Waals surface area (Å²) in [5.74, 6) is -0.0626. The van der Waals surface area contributed by atoms with E-state index in [2.05, 4.69) is 26.0 Å². The standard InChI is InChI=1S/C11H15BrN2O3S/c1-14(11(16)17-2)5-3-4-10(15)13-9-7-18-6-8(9)12/h6-7H,3-5H2,1-2H3,(H,13,15). The van der Waals surface area contributed by atoms with E-state index in [1.807, 2.05) is 10.8 Å². The van der Waals surface area contributed by atoms with Gasteiger partial charge < -0.3 is 15.0 Å². The highest BCUT2D eigenvalue weighted by Crippen LogP contribution is 2.26. The molecule has 0 aliphatic heterocycles. The molecule has 0 fully saturated rings. The topological polar surface area (TPSA) is 58.6 Å². The molecule has 2 amide bonds. The zero-order chi connectivity index (χ0) is 13.5. The van der Waals surface area contributed by atoms with E-state index in [4.69, 9.17) is 0 Å². The van der Waals surface area contributed by atoms with Gasteiger partial charge in [-0.05, 0) is 22.4 Å². The third-order valence-electron chi connectivity index (χ3n) is 2.27. The Morgan fingerprint density at radius 3 is 2.78 bits per heavy atom. The van der Waals surface area contributed by atoms with E-state index in [-0.39, 0.29) is 5.91 Å². The van der Waals surface area contributed by atoms with E-state index in [9.17, 15) is 9.59 Å². The largest absolute Gasteiger partial charge is 0.453 e. The van der Waals surface area contributed by atoms with Crippen LogP contribution in [0, 0.1) is 0 Å². The first kappa shape index (κ1) is 15.0. The first-order valence-corrected chi connectivity index (χ1v) is 7.08. The molecule has 5 nitrogen and oxygen atoms in total. The summed E-state index contributed by atoms with van der Waals surface area (Å²) in [6.45, 7) is 0.491. The number of anilines is 1. The number of ether oxygens (including phenoxy) is 1. The second kappa shape index (κ2) is 7.38. The van der Waals surface area contributed by atoms with Gasteiger partial charge in [-0.25, -0.2) is 4.79 Å². The van der Waals surface area contributed by atoms with Gasteiger partial charge in [0.15, 0.2) is 0 Å². The van der Waals surface area contributed by atoms with Gasteiger partial charge in [0.05, 0.1) is 17.3 Å². The van der Waals surface area contributed by atoms with Crippen LogP contribution in [-0.2, 0) is 9.53 Å². The van der Waals surface area contributed by atoms with E-state index in [0.29, 0.717) is 19.4 Å². The smallest absolute Gasteiger partial charge is 0.409 e. The van der Waals surface area contributed by atoms with Crippen molar-refractivity contribution in [1.82, 2.24) is 4.90 Å². The first-order chi connectivity index (χ1) is 8.54. The van der Waals surface area contributed by atoms with Crippen LogP contribution in [0.2, 0.25) is 0 Å². The average Bonchev–Trinajstić information content (AvgIpc) is 2.73. The molecule has 0 bridgehead atoms. The van der Waals surface area contributed by atoms with Gasteiger partial charge in [0.1, 0.15) is 0 Å². The molecule has 1 aromatic heterocycles. The molecule has 0 saturated carbocycles. The lowest BCUT2D eigenvalue weighted by Crippen LogP contribution is -2.28. The summed E-state index contributed by atoms with van der Waals surface area (Å²) >= 11 is 4.85. The molecular weight excluding hydrogens is 320 g/mol. The van der Waals surface area contributed by atoms with Crippen LogP contribution < -0.4 is 5.32 Å². The van der Waals surface area contributed by atoms with Crippen LogP contribution in [0.1, 0.15) is 12.8 Å². The quantitative estimate of drug-likeness (QED) is 0.900. The molecule has 1 aromatic rings. The summed E-state index contributed by atoms with van der Waals surface area (Å²) in [7, 11) is 2.97. The number of rotatable bonds is 5. The van der Waals surface area contributed by atoms with Gasteiger partial charge in [0, 0.05) is 30.8 Å². The number of halogens is 1. The number of hydrogen-bond acceptors (Lipinski definition) is 4. The number of nitrogens with zero attached hydrogens (tertiary/aromatic N) is 1. The number of carbonyl (C=O) groups excluding carboxylic acids is 2. The van der Waals surface area contributed by atoms with Crippen LogP contribution in [0.25, 0.3) is 0 Å². The molecule has 0 aliphatic rings. The van der Waals surface area contributed by atoms with E-state index in [0.717, 1.165) is 10.2 Å². The highest BCUT2D eigenvalue weighted by Gasteiger charge is 2.10. The normalized spacial score (nSPS) is 9.94. The van der Waals surface area contributed by atoms with Crippen LogP contribution in [-0.4, -0.2) is 37.6 Å². The predicted molar refractivity (Wildman–Crippen MR) is 74.9 cm³/mol. The van der Waals surface area contributed by atoms with E-state index in [1.54, 1.807) is 7.05 Å². The van der Waals surface area contributed by atoms with Crippen molar-refractivity contribution < 1.29 is 14.3 Å². The summed E-state index contributed by atoms with van der Waals surface area (Å²) in [5, 5.41) is 6.56. The SMILES string of the molecule is COC(=O)N(C)CCCC(=O)Nc1cscc1Br.